The average molecular weight is 396 g/mol. The zero-order valence-electron chi connectivity index (χ0n) is 17.7. The van der Waals surface area contributed by atoms with Gasteiger partial charge in [0.05, 0.1) is 13.2 Å². The second-order valence-corrected chi connectivity index (χ2v) is 7.22. The Balaban J connectivity index is 3.52. The standard InChI is InChI=1S/C23H41NO4/c1-3-5-7-9-11-13-15-19-27-22(25)18-17-21(24)23(26)28-20-16-14-12-10-8-6-4-2/h3-4,21H,1-2,5-20,24H2/t21-/m0/s1. The van der Waals surface area contributed by atoms with Gasteiger partial charge in [-0.3, -0.25) is 9.59 Å². The number of unbranched alkanes of at least 4 members (excludes halogenated alkanes) is 10. The van der Waals surface area contributed by atoms with E-state index in [4.69, 9.17) is 15.2 Å². The molecule has 0 aliphatic rings. The number of ether oxygens (including phenoxy) is 2. The van der Waals surface area contributed by atoms with Crippen molar-refractivity contribution in [3.63, 3.8) is 0 Å². The van der Waals surface area contributed by atoms with Gasteiger partial charge < -0.3 is 15.2 Å². The van der Waals surface area contributed by atoms with Gasteiger partial charge in [0.25, 0.3) is 0 Å². The fourth-order valence-electron chi connectivity index (χ4n) is 2.77. The van der Waals surface area contributed by atoms with E-state index in [-0.39, 0.29) is 18.8 Å². The van der Waals surface area contributed by atoms with Crippen LogP contribution < -0.4 is 5.73 Å². The maximum absolute atomic E-state index is 11.8. The average Bonchev–Trinajstić information content (AvgIpc) is 2.69. The van der Waals surface area contributed by atoms with E-state index in [1.54, 1.807) is 0 Å². The van der Waals surface area contributed by atoms with E-state index in [0.29, 0.717) is 13.2 Å². The Morgan fingerprint density at radius 2 is 1.21 bits per heavy atom. The highest BCUT2D eigenvalue weighted by atomic mass is 16.5. The molecule has 2 N–H and O–H groups in total. The van der Waals surface area contributed by atoms with Crippen molar-refractivity contribution in [2.75, 3.05) is 13.2 Å². The summed E-state index contributed by atoms with van der Waals surface area (Å²) in [6, 6.07) is -0.759. The summed E-state index contributed by atoms with van der Waals surface area (Å²) in [6.45, 7) is 8.24. The summed E-state index contributed by atoms with van der Waals surface area (Å²) < 4.78 is 10.4. The largest absolute Gasteiger partial charge is 0.466 e. The summed E-state index contributed by atoms with van der Waals surface area (Å²) in [4.78, 5) is 23.5. The van der Waals surface area contributed by atoms with Crippen LogP contribution in [0.1, 0.15) is 89.9 Å². The number of esters is 2. The van der Waals surface area contributed by atoms with Crippen LogP contribution in [0.25, 0.3) is 0 Å². The summed E-state index contributed by atoms with van der Waals surface area (Å²) in [5.41, 5.74) is 5.80. The van der Waals surface area contributed by atoms with Crippen molar-refractivity contribution in [2.24, 2.45) is 5.73 Å². The van der Waals surface area contributed by atoms with Crippen LogP contribution in [-0.2, 0) is 19.1 Å². The summed E-state index contributed by atoms with van der Waals surface area (Å²) in [7, 11) is 0. The van der Waals surface area contributed by atoms with Crippen molar-refractivity contribution in [3.8, 4) is 0 Å². The molecular weight excluding hydrogens is 354 g/mol. The molecule has 1 atom stereocenters. The fraction of sp³-hybridized carbons (Fsp3) is 0.739. The number of carbonyl (C=O) groups excluding carboxylic acids is 2. The normalized spacial score (nSPS) is 11.6. The molecule has 0 aromatic heterocycles. The molecular formula is C23H41NO4. The van der Waals surface area contributed by atoms with E-state index in [1.165, 1.54) is 25.7 Å². The molecule has 0 radical (unpaired) electrons. The molecule has 0 heterocycles. The maximum Gasteiger partial charge on any atom is 0.322 e. The van der Waals surface area contributed by atoms with Gasteiger partial charge in [0, 0.05) is 6.42 Å². The number of allylic oxidation sites excluding steroid dienone is 2. The van der Waals surface area contributed by atoms with E-state index >= 15 is 0 Å². The van der Waals surface area contributed by atoms with Gasteiger partial charge in [-0.25, -0.2) is 0 Å². The molecule has 0 aliphatic carbocycles. The van der Waals surface area contributed by atoms with Gasteiger partial charge in [-0.2, -0.15) is 0 Å². The third-order valence-corrected chi connectivity index (χ3v) is 4.57. The van der Waals surface area contributed by atoms with Gasteiger partial charge in [0.2, 0.25) is 0 Å². The Bertz CT molecular complexity index is 423. The van der Waals surface area contributed by atoms with Crippen molar-refractivity contribution in [1.29, 1.82) is 0 Å². The molecule has 28 heavy (non-hydrogen) atoms. The van der Waals surface area contributed by atoms with Crippen molar-refractivity contribution >= 4 is 11.9 Å². The van der Waals surface area contributed by atoms with E-state index in [9.17, 15) is 9.59 Å². The lowest BCUT2D eigenvalue weighted by Gasteiger charge is -2.11. The van der Waals surface area contributed by atoms with Crippen molar-refractivity contribution < 1.29 is 19.1 Å². The fourth-order valence-corrected chi connectivity index (χ4v) is 2.77. The molecule has 0 unspecified atom stereocenters. The molecule has 0 aromatic rings. The summed E-state index contributed by atoms with van der Waals surface area (Å²) in [6.07, 6.45) is 17.2. The minimum absolute atomic E-state index is 0.152. The van der Waals surface area contributed by atoms with Crippen molar-refractivity contribution in [1.82, 2.24) is 0 Å². The second kappa shape index (κ2) is 20.1. The first-order chi connectivity index (χ1) is 13.6. The summed E-state index contributed by atoms with van der Waals surface area (Å²) in [5, 5.41) is 0. The number of nitrogens with two attached hydrogens (primary N) is 1. The molecule has 0 saturated heterocycles. The number of carbonyl (C=O) groups is 2. The third-order valence-electron chi connectivity index (χ3n) is 4.57. The number of hydrogen-bond donors (Lipinski definition) is 1. The Kier molecular flexibility index (Phi) is 19.0. The Labute approximate surface area is 171 Å². The van der Waals surface area contributed by atoms with E-state index in [1.807, 2.05) is 12.2 Å². The lowest BCUT2D eigenvalue weighted by molar-refractivity contribution is -0.146. The Hall–Kier alpha value is -1.62. The monoisotopic (exact) mass is 395 g/mol. The van der Waals surface area contributed by atoms with Gasteiger partial charge in [-0.15, -0.1) is 13.2 Å². The Morgan fingerprint density at radius 1 is 0.750 bits per heavy atom. The van der Waals surface area contributed by atoms with Crippen LogP contribution in [0.5, 0.6) is 0 Å². The first kappa shape index (κ1) is 26.4. The van der Waals surface area contributed by atoms with Crippen LogP contribution in [0.4, 0.5) is 0 Å². The molecule has 0 bridgehead atoms. The van der Waals surface area contributed by atoms with Crippen LogP contribution in [0.15, 0.2) is 25.3 Å². The highest BCUT2D eigenvalue weighted by Crippen LogP contribution is 2.08. The zero-order valence-corrected chi connectivity index (χ0v) is 17.7. The molecule has 5 heteroatoms. The molecule has 5 nitrogen and oxygen atoms in total. The Morgan fingerprint density at radius 3 is 1.75 bits per heavy atom. The van der Waals surface area contributed by atoms with Crippen molar-refractivity contribution in [3.05, 3.63) is 25.3 Å². The lowest BCUT2D eigenvalue weighted by atomic mass is 10.1. The quantitative estimate of drug-likeness (QED) is 0.173. The molecule has 0 spiro atoms. The van der Waals surface area contributed by atoms with Gasteiger partial charge in [-0.05, 0) is 44.9 Å². The predicted molar refractivity (Wildman–Crippen MR) is 115 cm³/mol. The molecule has 0 fully saturated rings. The molecule has 0 rings (SSSR count). The minimum Gasteiger partial charge on any atom is -0.466 e. The van der Waals surface area contributed by atoms with E-state index in [2.05, 4.69) is 13.2 Å². The van der Waals surface area contributed by atoms with Crippen LogP contribution in [0, 0.1) is 0 Å². The highest BCUT2D eigenvalue weighted by molar-refractivity contribution is 5.77. The zero-order chi connectivity index (χ0) is 20.9. The van der Waals surface area contributed by atoms with Crippen molar-refractivity contribution in [2.45, 2.75) is 95.9 Å². The highest BCUT2D eigenvalue weighted by Gasteiger charge is 2.17. The maximum atomic E-state index is 11.8. The first-order valence-electron chi connectivity index (χ1n) is 10.9. The van der Waals surface area contributed by atoms with Gasteiger partial charge in [0.15, 0.2) is 0 Å². The van der Waals surface area contributed by atoms with Crippen LogP contribution >= 0.6 is 0 Å². The van der Waals surface area contributed by atoms with Gasteiger partial charge in [-0.1, -0.05) is 50.7 Å². The number of hydrogen-bond acceptors (Lipinski definition) is 5. The lowest BCUT2D eigenvalue weighted by Crippen LogP contribution is -2.33. The van der Waals surface area contributed by atoms with Crippen LogP contribution in [0.2, 0.25) is 0 Å². The summed E-state index contributed by atoms with van der Waals surface area (Å²) in [5.74, 6) is -0.728. The first-order valence-corrected chi connectivity index (χ1v) is 10.9. The molecule has 0 amide bonds. The van der Waals surface area contributed by atoms with E-state index in [0.717, 1.165) is 51.4 Å². The van der Waals surface area contributed by atoms with Gasteiger partial charge in [0.1, 0.15) is 6.04 Å². The third kappa shape index (κ3) is 17.8. The molecule has 0 saturated carbocycles. The molecule has 0 aromatic carbocycles. The van der Waals surface area contributed by atoms with E-state index < -0.39 is 12.0 Å². The smallest absolute Gasteiger partial charge is 0.322 e. The SMILES string of the molecule is C=CCCCCCCCOC(=O)CC[C@H](N)C(=O)OCCCCCCCC=C. The topological polar surface area (TPSA) is 78.6 Å². The molecule has 162 valence electrons. The number of rotatable bonds is 20. The second-order valence-electron chi connectivity index (χ2n) is 7.22. The van der Waals surface area contributed by atoms with Gasteiger partial charge >= 0.3 is 11.9 Å². The van der Waals surface area contributed by atoms with Crippen LogP contribution in [0.3, 0.4) is 0 Å². The predicted octanol–water partition coefficient (Wildman–Crippen LogP) is 5.23. The summed E-state index contributed by atoms with van der Waals surface area (Å²) >= 11 is 0. The minimum atomic E-state index is -0.759. The molecule has 0 aliphatic heterocycles. The van der Waals surface area contributed by atoms with Crippen LogP contribution in [-0.4, -0.2) is 31.2 Å².